The van der Waals surface area contributed by atoms with Crippen LogP contribution in [0.3, 0.4) is 0 Å². The van der Waals surface area contributed by atoms with E-state index in [4.69, 9.17) is 32.7 Å². The van der Waals surface area contributed by atoms with Crippen LogP contribution >= 0.6 is 35.0 Å². The Kier molecular flexibility index (Phi) is 6.53. The molecular formula is C25H19Cl2FN2O4S. The number of ether oxygens (including phenoxy) is 2. The van der Waals surface area contributed by atoms with Crippen molar-refractivity contribution in [1.82, 2.24) is 4.90 Å². The molecule has 3 aromatic carbocycles. The van der Waals surface area contributed by atoms with Crippen LogP contribution in [0.4, 0.5) is 14.9 Å². The molecule has 2 aliphatic rings. The van der Waals surface area contributed by atoms with Crippen molar-refractivity contribution in [2.75, 3.05) is 17.8 Å². The number of rotatable bonds is 6. The molecule has 2 fully saturated rings. The maximum atomic E-state index is 14.0. The predicted octanol–water partition coefficient (Wildman–Crippen LogP) is 6.30. The summed E-state index contributed by atoms with van der Waals surface area (Å²) >= 11 is 13.6. The number of benzene rings is 3. The van der Waals surface area contributed by atoms with Crippen molar-refractivity contribution in [2.45, 2.75) is 18.0 Å². The Balaban J connectivity index is 1.42. The third-order valence-electron chi connectivity index (χ3n) is 5.89. The number of carbonyl (C=O) groups excluding carboxylic acids is 2. The Morgan fingerprint density at radius 3 is 2.57 bits per heavy atom. The van der Waals surface area contributed by atoms with Gasteiger partial charge in [-0.2, -0.15) is 0 Å². The van der Waals surface area contributed by atoms with Crippen LogP contribution in [0, 0.1) is 5.82 Å². The first-order valence-electron chi connectivity index (χ1n) is 10.7. The molecule has 6 nitrogen and oxygen atoms in total. The molecule has 2 atom stereocenters. The lowest BCUT2D eigenvalue weighted by atomic mass is 10.1. The monoisotopic (exact) mass is 532 g/mol. The fourth-order valence-electron chi connectivity index (χ4n) is 4.19. The van der Waals surface area contributed by atoms with Gasteiger partial charge in [-0.3, -0.25) is 9.69 Å². The van der Waals surface area contributed by atoms with E-state index in [9.17, 15) is 14.0 Å². The van der Waals surface area contributed by atoms with Crippen LogP contribution in [0.5, 0.6) is 11.5 Å². The van der Waals surface area contributed by atoms with Gasteiger partial charge < -0.3 is 9.47 Å². The zero-order valence-electron chi connectivity index (χ0n) is 18.4. The Morgan fingerprint density at radius 1 is 1.03 bits per heavy atom. The number of halogens is 3. The van der Waals surface area contributed by atoms with E-state index in [0.717, 1.165) is 10.5 Å². The van der Waals surface area contributed by atoms with Gasteiger partial charge >= 0.3 is 6.03 Å². The highest BCUT2D eigenvalue weighted by Crippen LogP contribution is 2.47. The van der Waals surface area contributed by atoms with Gasteiger partial charge in [-0.05, 0) is 48.0 Å². The first-order chi connectivity index (χ1) is 16.9. The van der Waals surface area contributed by atoms with Crippen LogP contribution in [-0.4, -0.2) is 35.7 Å². The number of carbonyl (C=O) groups is 2. The van der Waals surface area contributed by atoms with Gasteiger partial charge in [0.25, 0.3) is 5.91 Å². The van der Waals surface area contributed by atoms with E-state index in [1.165, 1.54) is 23.9 Å². The lowest BCUT2D eigenvalue weighted by Crippen LogP contribution is -2.33. The van der Waals surface area contributed by atoms with Crippen molar-refractivity contribution < 1.29 is 23.5 Å². The fraction of sp³-hybridized carbons (Fsp3) is 0.200. The maximum absolute atomic E-state index is 14.0. The van der Waals surface area contributed by atoms with Crippen molar-refractivity contribution in [2.24, 2.45) is 0 Å². The smallest absolute Gasteiger partial charge is 0.333 e. The lowest BCUT2D eigenvalue weighted by Gasteiger charge is -2.24. The summed E-state index contributed by atoms with van der Waals surface area (Å²) in [4.78, 5) is 29.2. The first kappa shape index (κ1) is 23.8. The Morgan fingerprint density at radius 2 is 1.83 bits per heavy atom. The van der Waals surface area contributed by atoms with Gasteiger partial charge in [0.05, 0.1) is 22.8 Å². The number of imide groups is 1. The third kappa shape index (κ3) is 4.30. The second-order valence-corrected chi connectivity index (χ2v) is 9.88. The third-order valence-corrected chi connectivity index (χ3v) is 7.95. The molecule has 2 heterocycles. The zero-order chi connectivity index (χ0) is 24.7. The summed E-state index contributed by atoms with van der Waals surface area (Å²) < 4.78 is 25.1. The van der Waals surface area contributed by atoms with E-state index in [1.807, 2.05) is 12.1 Å². The second kappa shape index (κ2) is 9.60. The summed E-state index contributed by atoms with van der Waals surface area (Å²) in [6.45, 7) is 0.0705. The van der Waals surface area contributed by atoms with Gasteiger partial charge in [-0.1, -0.05) is 41.4 Å². The quantitative estimate of drug-likeness (QED) is 0.348. The van der Waals surface area contributed by atoms with Crippen molar-refractivity contribution in [3.8, 4) is 11.5 Å². The predicted molar refractivity (Wildman–Crippen MR) is 134 cm³/mol. The van der Waals surface area contributed by atoms with E-state index in [-0.39, 0.29) is 28.7 Å². The Hall–Kier alpha value is -2.94. The van der Waals surface area contributed by atoms with E-state index in [2.05, 4.69) is 0 Å². The first-order valence-corrected chi connectivity index (χ1v) is 12.5. The number of fused-ring (bicyclic) bond motifs is 1. The summed E-state index contributed by atoms with van der Waals surface area (Å²) in [6, 6.07) is 15.3. The van der Waals surface area contributed by atoms with Crippen molar-refractivity contribution in [3.63, 3.8) is 0 Å². The highest BCUT2D eigenvalue weighted by atomic mass is 35.5. The van der Waals surface area contributed by atoms with Crippen LogP contribution in [0.25, 0.3) is 0 Å². The summed E-state index contributed by atoms with van der Waals surface area (Å²) in [5.74, 6) is 0.402. The highest BCUT2D eigenvalue weighted by molar-refractivity contribution is 7.99. The molecule has 3 amide bonds. The van der Waals surface area contributed by atoms with E-state index < -0.39 is 17.9 Å². The Labute approximate surface area is 215 Å². The topological polar surface area (TPSA) is 59.1 Å². The van der Waals surface area contributed by atoms with Crippen LogP contribution in [0.1, 0.15) is 16.5 Å². The molecule has 0 saturated carbocycles. The van der Waals surface area contributed by atoms with Crippen molar-refractivity contribution in [3.05, 3.63) is 87.7 Å². The highest BCUT2D eigenvalue weighted by Gasteiger charge is 2.53. The molecule has 0 bridgehead atoms. The fourth-order valence-corrected chi connectivity index (χ4v) is 5.89. The zero-order valence-corrected chi connectivity index (χ0v) is 20.7. The van der Waals surface area contributed by atoms with Gasteiger partial charge in [0, 0.05) is 11.3 Å². The van der Waals surface area contributed by atoms with Crippen molar-refractivity contribution in [1.29, 1.82) is 0 Å². The molecule has 180 valence electrons. The Bertz CT molecular complexity index is 1320. The number of thioether (sulfide) groups is 1. The molecule has 0 spiro atoms. The number of hydrogen-bond acceptors (Lipinski definition) is 5. The molecule has 0 N–H and O–H groups in total. The minimum Gasteiger partial charge on any atom is -0.496 e. The molecule has 5 rings (SSSR count). The summed E-state index contributed by atoms with van der Waals surface area (Å²) in [5.41, 5.74) is 1.88. The number of anilines is 1. The van der Waals surface area contributed by atoms with Crippen LogP contribution < -0.4 is 14.4 Å². The minimum atomic E-state index is -0.591. The molecule has 0 aliphatic carbocycles. The normalized spacial score (nSPS) is 19.3. The van der Waals surface area contributed by atoms with E-state index in [0.29, 0.717) is 27.8 Å². The van der Waals surface area contributed by atoms with Gasteiger partial charge in [-0.25, -0.2) is 14.1 Å². The number of nitrogens with zero attached hydrogens (tertiary/aromatic N) is 2. The standard InChI is InChI=1S/C25H19Cl2FN2O4S/c1-33-21-9-6-14(10-15(21)12-34-22-5-3-2-4-19(22)28)24-30-20(13-35-24)23(31)29(25(30)32)16-7-8-17(26)18(27)11-16/h2-11,20,24H,12-13H2,1H3/t20-,24+/m0/s1. The summed E-state index contributed by atoms with van der Waals surface area (Å²) in [5, 5.41) is 0.214. The number of methoxy groups -OCH3 is 1. The molecule has 3 aromatic rings. The number of hydrogen-bond donors (Lipinski definition) is 0. The summed E-state index contributed by atoms with van der Waals surface area (Å²) in [6.07, 6.45) is 0. The maximum Gasteiger partial charge on any atom is 0.333 e. The van der Waals surface area contributed by atoms with Crippen LogP contribution in [0.2, 0.25) is 10.0 Å². The van der Waals surface area contributed by atoms with E-state index >= 15 is 0 Å². The molecule has 0 radical (unpaired) electrons. The number of amides is 3. The van der Waals surface area contributed by atoms with Crippen molar-refractivity contribution >= 4 is 52.6 Å². The molecule has 10 heteroatoms. The lowest BCUT2D eigenvalue weighted by molar-refractivity contribution is -0.119. The van der Waals surface area contributed by atoms with E-state index in [1.54, 1.807) is 48.4 Å². The van der Waals surface area contributed by atoms with Gasteiger partial charge in [0.2, 0.25) is 0 Å². The van der Waals surface area contributed by atoms with Gasteiger partial charge in [0.15, 0.2) is 11.6 Å². The number of urea groups is 1. The largest absolute Gasteiger partial charge is 0.496 e. The SMILES string of the molecule is COc1ccc([C@H]2SC[C@H]3C(=O)N(c4ccc(Cl)c(Cl)c4)C(=O)N23)cc1COc1ccccc1F. The van der Waals surface area contributed by atoms with Crippen LogP contribution in [0.15, 0.2) is 60.7 Å². The average Bonchev–Trinajstić information content (AvgIpc) is 3.40. The van der Waals surface area contributed by atoms with Gasteiger partial charge in [-0.15, -0.1) is 11.8 Å². The molecule has 35 heavy (non-hydrogen) atoms. The van der Waals surface area contributed by atoms with Gasteiger partial charge in [0.1, 0.15) is 23.8 Å². The molecule has 2 saturated heterocycles. The molecule has 0 unspecified atom stereocenters. The molecule has 2 aliphatic heterocycles. The second-order valence-electron chi connectivity index (χ2n) is 7.95. The van der Waals surface area contributed by atoms with Crippen LogP contribution in [-0.2, 0) is 11.4 Å². The molecule has 0 aromatic heterocycles. The summed E-state index contributed by atoms with van der Waals surface area (Å²) in [7, 11) is 1.54. The molecular weight excluding hydrogens is 514 g/mol. The number of para-hydroxylation sites is 1. The minimum absolute atomic E-state index is 0.0705. The average molecular weight is 533 g/mol.